The number of likely N-dealkylation sites (tertiary alicyclic amines) is 1. The Hall–Kier alpha value is -0.340. The molecule has 82 valence electrons. The van der Waals surface area contributed by atoms with Gasteiger partial charge >= 0.3 is 0 Å². The molecule has 1 heterocycles. The van der Waals surface area contributed by atoms with Crippen LogP contribution in [0.15, 0.2) is 12.2 Å². The quantitative estimate of drug-likeness (QED) is 0.675. The highest BCUT2D eigenvalue weighted by molar-refractivity contribution is 4.83. The molecule has 1 N–H and O–H groups in total. The van der Waals surface area contributed by atoms with Gasteiger partial charge in [-0.05, 0) is 58.8 Å². The van der Waals surface area contributed by atoms with Crippen LogP contribution in [0.1, 0.15) is 26.2 Å². The van der Waals surface area contributed by atoms with Crippen molar-refractivity contribution in [1.29, 1.82) is 0 Å². The van der Waals surface area contributed by atoms with Gasteiger partial charge in [-0.3, -0.25) is 4.90 Å². The topological polar surface area (TPSA) is 15.3 Å². The van der Waals surface area contributed by atoms with Gasteiger partial charge in [-0.25, -0.2) is 0 Å². The van der Waals surface area contributed by atoms with Crippen molar-refractivity contribution in [2.24, 2.45) is 5.92 Å². The fraction of sp³-hybridized carbons (Fsp3) is 0.833. The summed E-state index contributed by atoms with van der Waals surface area (Å²) >= 11 is 0. The van der Waals surface area contributed by atoms with E-state index in [1.54, 1.807) is 0 Å². The summed E-state index contributed by atoms with van der Waals surface area (Å²) in [6, 6.07) is 0. The average Bonchev–Trinajstić information content (AvgIpc) is 2.25. The maximum absolute atomic E-state index is 3.24. The fourth-order valence-electron chi connectivity index (χ4n) is 2.06. The number of nitrogens with one attached hydrogen (secondary N) is 1. The molecular weight excluding hydrogens is 172 g/mol. The molecule has 1 fully saturated rings. The van der Waals surface area contributed by atoms with Crippen molar-refractivity contribution in [2.75, 3.05) is 33.2 Å². The molecule has 2 nitrogen and oxygen atoms in total. The lowest BCUT2D eigenvalue weighted by Crippen LogP contribution is -2.34. The molecule has 1 aliphatic heterocycles. The van der Waals surface area contributed by atoms with Gasteiger partial charge < -0.3 is 5.32 Å². The van der Waals surface area contributed by atoms with Crippen LogP contribution in [0.3, 0.4) is 0 Å². The van der Waals surface area contributed by atoms with Gasteiger partial charge in [-0.15, -0.1) is 0 Å². The van der Waals surface area contributed by atoms with Crippen LogP contribution in [-0.2, 0) is 0 Å². The maximum Gasteiger partial charge on any atom is 0.0163 e. The Morgan fingerprint density at radius 1 is 1.36 bits per heavy atom. The minimum absolute atomic E-state index is 0.962. The molecule has 0 aromatic rings. The molecule has 14 heavy (non-hydrogen) atoms. The molecule has 2 heteroatoms. The Morgan fingerprint density at radius 3 is 2.64 bits per heavy atom. The van der Waals surface area contributed by atoms with Crippen molar-refractivity contribution in [3.05, 3.63) is 12.2 Å². The lowest BCUT2D eigenvalue weighted by Gasteiger charge is -2.31. The molecule has 0 radical (unpaired) electrons. The molecule has 0 atom stereocenters. The summed E-state index contributed by atoms with van der Waals surface area (Å²) in [4.78, 5) is 2.55. The smallest absolute Gasteiger partial charge is 0.0163 e. The second kappa shape index (κ2) is 7.02. The monoisotopic (exact) mass is 196 g/mol. The van der Waals surface area contributed by atoms with E-state index in [0.717, 1.165) is 12.5 Å². The van der Waals surface area contributed by atoms with Crippen LogP contribution in [0.2, 0.25) is 0 Å². The summed E-state index contributed by atoms with van der Waals surface area (Å²) in [6.45, 7) is 7.01. The number of allylic oxidation sites excluding steroid dienone is 1. The van der Waals surface area contributed by atoms with Crippen LogP contribution in [0.4, 0.5) is 0 Å². The van der Waals surface area contributed by atoms with E-state index >= 15 is 0 Å². The molecule has 0 aromatic carbocycles. The highest BCUT2D eigenvalue weighted by atomic mass is 15.1. The summed E-state index contributed by atoms with van der Waals surface area (Å²) in [5.74, 6) is 0.962. The van der Waals surface area contributed by atoms with Crippen molar-refractivity contribution in [3.8, 4) is 0 Å². The highest BCUT2D eigenvalue weighted by Crippen LogP contribution is 2.19. The van der Waals surface area contributed by atoms with Gasteiger partial charge in [0.1, 0.15) is 0 Å². The summed E-state index contributed by atoms with van der Waals surface area (Å²) < 4.78 is 0. The first-order valence-electron chi connectivity index (χ1n) is 5.85. The summed E-state index contributed by atoms with van der Waals surface area (Å²) in [7, 11) is 2.04. The Morgan fingerprint density at radius 2 is 2.07 bits per heavy atom. The van der Waals surface area contributed by atoms with E-state index in [2.05, 4.69) is 29.3 Å². The van der Waals surface area contributed by atoms with E-state index in [-0.39, 0.29) is 0 Å². The average molecular weight is 196 g/mol. The molecular formula is C12H24N2. The SMILES string of the molecule is CC=CCN1CCC(CCNC)CC1. The molecule has 0 unspecified atom stereocenters. The second-order valence-corrected chi connectivity index (χ2v) is 4.21. The van der Waals surface area contributed by atoms with Gasteiger partial charge in [0.05, 0.1) is 0 Å². The third kappa shape index (κ3) is 4.25. The molecule has 0 aromatic heterocycles. The Kier molecular flexibility index (Phi) is 5.88. The molecule has 0 aliphatic carbocycles. The zero-order valence-corrected chi connectivity index (χ0v) is 9.63. The van der Waals surface area contributed by atoms with Gasteiger partial charge in [0.2, 0.25) is 0 Å². The van der Waals surface area contributed by atoms with Gasteiger partial charge in [0.15, 0.2) is 0 Å². The van der Waals surface area contributed by atoms with Crippen molar-refractivity contribution in [2.45, 2.75) is 26.2 Å². The van der Waals surface area contributed by atoms with Crippen molar-refractivity contribution in [1.82, 2.24) is 10.2 Å². The first kappa shape index (κ1) is 11.7. The second-order valence-electron chi connectivity index (χ2n) is 4.21. The molecule has 0 spiro atoms. The van der Waals surface area contributed by atoms with Crippen LogP contribution in [0, 0.1) is 5.92 Å². The molecule has 1 aliphatic rings. The largest absolute Gasteiger partial charge is 0.320 e. The highest BCUT2D eigenvalue weighted by Gasteiger charge is 2.17. The van der Waals surface area contributed by atoms with Crippen LogP contribution in [0.5, 0.6) is 0 Å². The van der Waals surface area contributed by atoms with Gasteiger partial charge in [-0.2, -0.15) is 0 Å². The molecule has 1 rings (SSSR count). The van der Waals surface area contributed by atoms with Crippen molar-refractivity contribution >= 4 is 0 Å². The predicted octanol–water partition coefficient (Wildman–Crippen LogP) is 1.88. The van der Waals surface area contributed by atoms with Crippen LogP contribution in [-0.4, -0.2) is 38.1 Å². The summed E-state index contributed by atoms with van der Waals surface area (Å²) in [5, 5.41) is 3.24. The van der Waals surface area contributed by atoms with Gasteiger partial charge in [0.25, 0.3) is 0 Å². The zero-order chi connectivity index (χ0) is 10.2. The first-order chi connectivity index (χ1) is 6.86. The Labute approximate surface area is 88.4 Å². The molecule has 0 bridgehead atoms. The standard InChI is InChI=1S/C12H24N2/c1-3-4-9-14-10-6-12(7-11-14)5-8-13-2/h3-4,12-13H,5-11H2,1-2H3. The van der Waals surface area contributed by atoms with E-state index in [1.807, 2.05) is 7.05 Å². The normalized spacial score (nSPS) is 20.7. The fourth-order valence-corrected chi connectivity index (χ4v) is 2.06. The maximum atomic E-state index is 3.24. The van der Waals surface area contributed by atoms with Crippen LogP contribution >= 0.6 is 0 Å². The zero-order valence-electron chi connectivity index (χ0n) is 9.63. The van der Waals surface area contributed by atoms with Crippen molar-refractivity contribution in [3.63, 3.8) is 0 Å². The lowest BCUT2D eigenvalue weighted by molar-refractivity contribution is 0.194. The van der Waals surface area contributed by atoms with E-state index < -0.39 is 0 Å². The third-order valence-electron chi connectivity index (χ3n) is 3.11. The predicted molar refractivity (Wildman–Crippen MR) is 62.5 cm³/mol. The van der Waals surface area contributed by atoms with E-state index in [9.17, 15) is 0 Å². The summed E-state index contributed by atoms with van der Waals surface area (Å²) in [6.07, 6.45) is 8.54. The van der Waals surface area contributed by atoms with Crippen molar-refractivity contribution < 1.29 is 0 Å². The minimum Gasteiger partial charge on any atom is -0.320 e. The number of hydrogen-bond donors (Lipinski definition) is 1. The Balaban J connectivity index is 2.11. The number of nitrogens with zero attached hydrogens (tertiary/aromatic N) is 1. The molecule has 1 saturated heterocycles. The van der Waals surface area contributed by atoms with E-state index in [1.165, 1.54) is 38.9 Å². The lowest BCUT2D eigenvalue weighted by atomic mass is 9.93. The minimum atomic E-state index is 0.962. The molecule has 0 amide bonds. The molecule has 0 saturated carbocycles. The van der Waals surface area contributed by atoms with Gasteiger partial charge in [-0.1, -0.05) is 12.2 Å². The first-order valence-corrected chi connectivity index (χ1v) is 5.85. The number of rotatable bonds is 5. The van der Waals surface area contributed by atoms with Crippen LogP contribution in [0.25, 0.3) is 0 Å². The Bertz CT molecular complexity index is 158. The van der Waals surface area contributed by atoms with Gasteiger partial charge in [0, 0.05) is 6.54 Å². The summed E-state index contributed by atoms with van der Waals surface area (Å²) in [5.41, 5.74) is 0. The van der Waals surface area contributed by atoms with E-state index in [4.69, 9.17) is 0 Å². The third-order valence-corrected chi connectivity index (χ3v) is 3.11. The van der Waals surface area contributed by atoms with Crippen LogP contribution < -0.4 is 5.32 Å². The number of piperidine rings is 1. The number of hydrogen-bond acceptors (Lipinski definition) is 2. The van der Waals surface area contributed by atoms with E-state index in [0.29, 0.717) is 0 Å².